The van der Waals surface area contributed by atoms with Gasteiger partial charge in [0, 0.05) is 16.6 Å². The SMILES string of the molecule is Cc1cc(Cl)nc(-c2ccsc2)n1. The summed E-state index contributed by atoms with van der Waals surface area (Å²) in [6, 6.07) is 3.73. The Morgan fingerprint density at radius 2 is 2.23 bits per heavy atom. The van der Waals surface area contributed by atoms with E-state index in [1.54, 1.807) is 17.4 Å². The lowest BCUT2D eigenvalue weighted by Crippen LogP contribution is -1.90. The van der Waals surface area contributed by atoms with Crippen molar-refractivity contribution in [2.24, 2.45) is 0 Å². The highest BCUT2D eigenvalue weighted by Crippen LogP contribution is 2.20. The van der Waals surface area contributed by atoms with Crippen molar-refractivity contribution < 1.29 is 0 Å². The van der Waals surface area contributed by atoms with Crippen LogP contribution in [-0.2, 0) is 0 Å². The molecule has 0 aliphatic carbocycles. The van der Waals surface area contributed by atoms with Crippen molar-refractivity contribution in [2.45, 2.75) is 6.92 Å². The molecule has 0 radical (unpaired) electrons. The van der Waals surface area contributed by atoms with E-state index in [-0.39, 0.29) is 0 Å². The van der Waals surface area contributed by atoms with E-state index in [9.17, 15) is 0 Å². The van der Waals surface area contributed by atoms with Gasteiger partial charge in [-0.05, 0) is 24.4 Å². The lowest BCUT2D eigenvalue weighted by molar-refractivity contribution is 1.11. The maximum atomic E-state index is 5.82. The monoisotopic (exact) mass is 210 g/mol. The molecule has 0 aromatic carbocycles. The zero-order chi connectivity index (χ0) is 9.26. The standard InChI is InChI=1S/C9H7ClN2S/c1-6-4-8(10)12-9(11-6)7-2-3-13-5-7/h2-5H,1H3. The molecule has 0 aliphatic rings. The number of rotatable bonds is 1. The topological polar surface area (TPSA) is 25.8 Å². The third-order valence-electron chi connectivity index (χ3n) is 1.60. The third kappa shape index (κ3) is 1.87. The summed E-state index contributed by atoms with van der Waals surface area (Å²) in [6.07, 6.45) is 0. The van der Waals surface area contributed by atoms with Gasteiger partial charge in [-0.15, -0.1) is 0 Å². The van der Waals surface area contributed by atoms with E-state index in [1.807, 2.05) is 23.8 Å². The fraction of sp³-hybridized carbons (Fsp3) is 0.111. The molecule has 2 nitrogen and oxygen atoms in total. The number of aryl methyl sites for hydroxylation is 1. The summed E-state index contributed by atoms with van der Waals surface area (Å²) in [4.78, 5) is 8.43. The Labute approximate surface area is 85.2 Å². The van der Waals surface area contributed by atoms with E-state index in [1.165, 1.54) is 0 Å². The molecule has 0 saturated carbocycles. The van der Waals surface area contributed by atoms with Gasteiger partial charge in [-0.1, -0.05) is 11.6 Å². The predicted molar refractivity (Wildman–Crippen MR) is 55.1 cm³/mol. The zero-order valence-electron chi connectivity index (χ0n) is 6.99. The van der Waals surface area contributed by atoms with Crippen LogP contribution in [0.5, 0.6) is 0 Å². The van der Waals surface area contributed by atoms with Gasteiger partial charge in [0.15, 0.2) is 5.82 Å². The van der Waals surface area contributed by atoms with Crippen LogP contribution in [0, 0.1) is 6.92 Å². The van der Waals surface area contributed by atoms with Crippen LogP contribution >= 0.6 is 22.9 Å². The van der Waals surface area contributed by atoms with Gasteiger partial charge in [-0.25, -0.2) is 9.97 Å². The van der Waals surface area contributed by atoms with Crippen molar-refractivity contribution in [3.63, 3.8) is 0 Å². The summed E-state index contributed by atoms with van der Waals surface area (Å²) in [5, 5.41) is 4.49. The van der Waals surface area contributed by atoms with Crippen molar-refractivity contribution in [2.75, 3.05) is 0 Å². The van der Waals surface area contributed by atoms with E-state index in [2.05, 4.69) is 9.97 Å². The molecular formula is C9H7ClN2S. The Hall–Kier alpha value is -0.930. The second kappa shape index (κ2) is 3.44. The van der Waals surface area contributed by atoms with Crippen molar-refractivity contribution >= 4 is 22.9 Å². The molecule has 2 rings (SSSR count). The molecule has 0 unspecified atom stereocenters. The Kier molecular flexibility index (Phi) is 2.29. The zero-order valence-corrected chi connectivity index (χ0v) is 8.56. The van der Waals surface area contributed by atoms with Gasteiger partial charge in [0.25, 0.3) is 0 Å². The van der Waals surface area contributed by atoms with E-state index < -0.39 is 0 Å². The number of halogens is 1. The van der Waals surface area contributed by atoms with Gasteiger partial charge < -0.3 is 0 Å². The van der Waals surface area contributed by atoms with Crippen molar-refractivity contribution in [1.29, 1.82) is 0 Å². The van der Waals surface area contributed by atoms with E-state index in [4.69, 9.17) is 11.6 Å². The van der Waals surface area contributed by atoms with Crippen molar-refractivity contribution in [3.05, 3.63) is 33.7 Å². The molecular weight excluding hydrogens is 204 g/mol. The van der Waals surface area contributed by atoms with Crippen LogP contribution in [-0.4, -0.2) is 9.97 Å². The lowest BCUT2D eigenvalue weighted by Gasteiger charge is -1.98. The van der Waals surface area contributed by atoms with Crippen LogP contribution in [0.2, 0.25) is 5.15 Å². The largest absolute Gasteiger partial charge is 0.233 e. The van der Waals surface area contributed by atoms with Crippen LogP contribution < -0.4 is 0 Å². The summed E-state index contributed by atoms with van der Waals surface area (Å²) in [5.41, 5.74) is 1.91. The minimum absolute atomic E-state index is 0.494. The first kappa shape index (κ1) is 8.66. The number of hydrogen-bond donors (Lipinski definition) is 0. The molecule has 2 heterocycles. The molecule has 66 valence electrons. The molecule has 0 bridgehead atoms. The number of aromatic nitrogens is 2. The number of hydrogen-bond acceptors (Lipinski definition) is 3. The Morgan fingerprint density at radius 1 is 1.38 bits per heavy atom. The highest BCUT2D eigenvalue weighted by Gasteiger charge is 2.03. The quantitative estimate of drug-likeness (QED) is 0.676. The van der Waals surface area contributed by atoms with Gasteiger partial charge in [0.2, 0.25) is 0 Å². The normalized spacial score (nSPS) is 10.3. The number of nitrogens with zero attached hydrogens (tertiary/aromatic N) is 2. The van der Waals surface area contributed by atoms with E-state index in [0.717, 1.165) is 11.3 Å². The number of thiophene rings is 1. The predicted octanol–water partition coefficient (Wildman–Crippen LogP) is 3.17. The fourth-order valence-corrected chi connectivity index (χ4v) is 1.92. The molecule has 2 aromatic heterocycles. The molecule has 13 heavy (non-hydrogen) atoms. The Morgan fingerprint density at radius 3 is 2.85 bits per heavy atom. The second-order valence-corrected chi connectivity index (χ2v) is 3.83. The lowest BCUT2D eigenvalue weighted by atomic mass is 10.3. The summed E-state index contributed by atoms with van der Waals surface area (Å²) < 4.78 is 0. The van der Waals surface area contributed by atoms with Gasteiger partial charge in [0.1, 0.15) is 5.15 Å². The molecule has 0 atom stereocenters. The average molecular weight is 211 g/mol. The molecule has 0 spiro atoms. The van der Waals surface area contributed by atoms with Crippen molar-refractivity contribution in [1.82, 2.24) is 9.97 Å². The summed E-state index contributed by atoms with van der Waals surface area (Å²) in [5.74, 6) is 0.700. The first-order valence-electron chi connectivity index (χ1n) is 3.79. The average Bonchev–Trinajstić information content (AvgIpc) is 2.53. The molecule has 0 amide bonds. The van der Waals surface area contributed by atoms with Gasteiger partial charge >= 0.3 is 0 Å². The first-order valence-corrected chi connectivity index (χ1v) is 5.11. The van der Waals surface area contributed by atoms with Crippen LogP contribution in [0.3, 0.4) is 0 Å². The summed E-state index contributed by atoms with van der Waals surface area (Å²) in [6.45, 7) is 1.91. The smallest absolute Gasteiger partial charge is 0.161 e. The molecule has 0 saturated heterocycles. The maximum absolute atomic E-state index is 5.82. The molecule has 0 aliphatic heterocycles. The second-order valence-electron chi connectivity index (χ2n) is 2.67. The van der Waals surface area contributed by atoms with E-state index >= 15 is 0 Å². The molecule has 0 N–H and O–H groups in total. The highest BCUT2D eigenvalue weighted by molar-refractivity contribution is 7.08. The van der Waals surface area contributed by atoms with Crippen LogP contribution in [0.4, 0.5) is 0 Å². The minimum atomic E-state index is 0.494. The first-order chi connectivity index (χ1) is 6.25. The Balaban J connectivity index is 2.53. The highest BCUT2D eigenvalue weighted by atomic mass is 35.5. The fourth-order valence-electron chi connectivity index (χ4n) is 1.05. The van der Waals surface area contributed by atoms with Crippen molar-refractivity contribution in [3.8, 4) is 11.4 Å². The third-order valence-corrected chi connectivity index (χ3v) is 2.48. The van der Waals surface area contributed by atoms with Gasteiger partial charge in [-0.2, -0.15) is 11.3 Å². The van der Waals surface area contributed by atoms with Crippen LogP contribution in [0.25, 0.3) is 11.4 Å². The minimum Gasteiger partial charge on any atom is -0.233 e. The van der Waals surface area contributed by atoms with Crippen LogP contribution in [0.15, 0.2) is 22.9 Å². The van der Waals surface area contributed by atoms with Gasteiger partial charge in [-0.3, -0.25) is 0 Å². The molecule has 4 heteroatoms. The summed E-state index contributed by atoms with van der Waals surface area (Å²) >= 11 is 7.44. The Bertz CT molecular complexity index is 391. The summed E-state index contributed by atoms with van der Waals surface area (Å²) in [7, 11) is 0. The van der Waals surface area contributed by atoms with E-state index in [0.29, 0.717) is 11.0 Å². The maximum Gasteiger partial charge on any atom is 0.161 e. The van der Waals surface area contributed by atoms with Gasteiger partial charge in [0.05, 0.1) is 0 Å². The molecule has 0 fully saturated rings. The molecule has 2 aromatic rings. The van der Waals surface area contributed by atoms with Crippen LogP contribution in [0.1, 0.15) is 5.69 Å².